The summed E-state index contributed by atoms with van der Waals surface area (Å²) in [4.78, 5) is 4.23. The van der Waals surface area contributed by atoms with Gasteiger partial charge in [0.15, 0.2) is 15.8 Å². The maximum atomic E-state index is 13.5. The van der Waals surface area contributed by atoms with E-state index in [2.05, 4.69) is 15.6 Å². The maximum absolute atomic E-state index is 13.5. The third kappa shape index (κ3) is 8.48. The summed E-state index contributed by atoms with van der Waals surface area (Å²) in [7, 11) is -3.08. The first-order chi connectivity index (χ1) is 13.3. The number of benzene rings is 1. The van der Waals surface area contributed by atoms with E-state index in [1.807, 2.05) is 6.92 Å². The van der Waals surface area contributed by atoms with E-state index >= 15 is 0 Å². The SMILES string of the molecule is CCNC(=NCc1ccc(OC(C)(C)C)cc1C(F)(F)F)NC1CCS(=O)(=O)C1.I. The number of nitrogens with zero attached hydrogens (tertiary/aromatic N) is 1. The molecule has 0 saturated carbocycles. The van der Waals surface area contributed by atoms with Crippen LogP contribution >= 0.6 is 24.0 Å². The topological polar surface area (TPSA) is 79.8 Å². The highest BCUT2D eigenvalue weighted by molar-refractivity contribution is 14.0. The van der Waals surface area contributed by atoms with Gasteiger partial charge in [0.25, 0.3) is 0 Å². The molecule has 1 saturated heterocycles. The lowest BCUT2D eigenvalue weighted by Crippen LogP contribution is -2.44. The average molecular weight is 563 g/mol. The van der Waals surface area contributed by atoms with Gasteiger partial charge >= 0.3 is 6.18 Å². The first-order valence-electron chi connectivity index (χ1n) is 9.43. The van der Waals surface area contributed by atoms with Crippen LogP contribution in [0.2, 0.25) is 0 Å². The predicted octanol–water partition coefficient (Wildman–Crippen LogP) is 3.74. The van der Waals surface area contributed by atoms with Crippen LogP contribution in [0.3, 0.4) is 0 Å². The van der Waals surface area contributed by atoms with Crippen molar-refractivity contribution in [2.45, 2.75) is 58.5 Å². The van der Waals surface area contributed by atoms with Crippen LogP contribution in [-0.4, -0.2) is 44.1 Å². The zero-order chi connectivity index (χ0) is 21.9. The number of rotatable bonds is 5. The Bertz CT molecular complexity index is 853. The summed E-state index contributed by atoms with van der Waals surface area (Å²) in [6.07, 6.45) is -4.10. The molecular formula is C19H29F3IN3O3S. The Morgan fingerprint density at radius 3 is 2.43 bits per heavy atom. The summed E-state index contributed by atoms with van der Waals surface area (Å²) in [5.41, 5.74) is -1.41. The number of hydrogen-bond acceptors (Lipinski definition) is 4. The zero-order valence-corrected chi connectivity index (χ0v) is 20.6. The standard InChI is InChI=1S/C19H28F3N3O3S.HI/c1-5-23-17(25-14-8-9-29(26,27)12-14)24-11-13-6-7-15(28-18(2,3)4)10-16(13)19(20,21)22;/h6-7,10,14H,5,8-9,11-12H2,1-4H3,(H2,23,24,25);1H. The summed E-state index contributed by atoms with van der Waals surface area (Å²) in [5, 5.41) is 5.94. The summed E-state index contributed by atoms with van der Waals surface area (Å²) in [6, 6.07) is 3.54. The van der Waals surface area contributed by atoms with Crippen molar-refractivity contribution in [2.75, 3.05) is 18.1 Å². The molecular weight excluding hydrogens is 534 g/mol. The molecule has 0 aliphatic carbocycles. The molecule has 1 fully saturated rings. The van der Waals surface area contributed by atoms with E-state index in [1.165, 1.54) is 12.1 Å². The number of nitrogens with one attached hydrogen (secondary N) is 2. The molecule has 1 aromatic carbocycles. The van der Waals surface area contributed by atoms with Gasteiger partial charge in [0.1, 0.15) is 11.4 Å². The van der Waals surface area contributed by atoms with Gasteiger partial charge in [-0.15, -0.1) is 24.0 Å². The quantitative estimate of drug-likeness (QED) is 0.324. The Morgan fingerprint density at radius 1 is 1.27 bits per heavy atom. The van der Waals surface area contributed by atoms with Crippen molar-refractivity contribution in [1.29, 1.82) is 0 Å². The second kappa shape index (κ2) is 10.4. The highest BCUT2D eigenvalue weighted by Gasteiger charge is 2.34. The van der Waals surface area contributed by atoms with Crippen LogP contribution < -0.4 is 15.4 Å². The van der Waals surface area contributed by atoms with Crippen LogP contribution in [0.25, 0.3) is 0 Å². The predicted molar refractivity (Wildman–Crippen MR) is 122 cm³/mol. The number of alkyl halides is 3. The Kier molecular flexibility index (Phi) is 9.27. The van der Waals surface area contributed by atoms with E-state index in [0.29, 0.717) is 13.0 Å². The summed E-state index contributed by atoms with van der Waals surface area (Å²) in [5.74, 6) is 0.512. The van der Waals surface area contributed by atoms with E-state index in [9.17, 15) is 21.6 Å². The van der Waals surface area contributed by atoms with Crippen LogP contribution in [-0.2, 0) is 22.6 Å². The molecule has 0 spiro atoms. The van der Waals surface area contributed by atoms with Crippen molar-refractivity contribution in [3.05, 3.63) is 29.3 Å². The molecule has 1 heterocycles. The number of guanidine groups is 1. The third-order valence-electron chi connectivity index (χ3n) is 4.14. The lowest BCUT2D eigenvalue weighted by molar-refractivity contribution is -0.138. The van der Waals surface area contributed by atoms with Gasteiger partial charge in [0, 0.05) is 12.6 Å². The van der Waals surface area contributed by atoms with Crippen LogP contribution in [0, 0.1) is 0 Å². The van der Waals surface area contributed by atoms with E-state index in [-0.39, 0.29) is 65.3 Å². The fourth-order valence-electron chi connectivity index (χ4n) is 2.96. The molecule has 2 N–H and O–H groups in total. The zero-order valence-electron chi connectivity index (χ0n) is 17.5. The van der Waals surface area contributed by atoms with Gasteiger partial charge < -0.3 is 15.4 Å². The maximum Gasteiger partial charge on any atom is 0.416 e. The Hall–Kier alpha value is -1.24. The molecule has 1 unspecified atom stereocenters. The lowest BCUT2D eigenvalue weighted by atomic mass is 10.1. The lowest BCUT2D eigenvalue weighted by Gasteiger charge is -2.23. The van der Waals surface area contributed by atoms with Crippen molar-refractivity contribution < 1.29 is 26.3 Å². The number of ether oxygens (including phenoxy) is 1. The van der Waals surface area contributed by atoms with Gasteiger partial charge in [0.2, 0.25) is 0 Å². The minimum atomic E-state index is -4.55. The average Bonchev–Trinajstić information content (AvgIpc) is 2.90. The molecule has 11 heteroatoms. The fraction of sp³-hybridized carbons (Fsp3) is 0.632. The third-order valence-corrected chi connectivity index (χ3v) is 5.90. The molecule has 1 aliphatic heterocycles. The van der Waals surface area contributed by atoms with Crippen LogP contribution in [0.1, 0.15) is 45.2 Å². The summed E-state index contributed by atoms with van der Waals surface area (Å²) >= 11 is 0. The Morgan fingerprint density at radius 2 is 1.93 bits per heavy atom. The number of hydrogen-bond donors (Lipinski definition) is 2. The molecule has 172 valence electrons. The molecule has 0 amide bonds. The Labute approximate surface area is 193 Å². The summed E-state index contributed by atoms with van der Waals surface area (Å²) in [6.45, 7) is 7.39. The highest BCUT2D eigenvalue weighted by atomic mass is 127. The molecule has 6 nitrogen and oxygen atoms in total. The molecule has 0 radical (unpaired) electrons. The van der Waals surface area contributed by atoms with Crippen LogP contribution in [0.4, 0.5) is 13.2 Å². The fourth-order valence-corrected chi connectivity index (χ4v) is 4.63. The van der Waals surface area contributed by atoms with E-state index in [0.717, 1.165) is 6.07 Å². The van der Waals surface area contributed by atoms with Crippen molar-refractivity contribution in [3.8, 4) is 5.75 Å². The van der Waals surface area contributed by atoms with Crippen molar-refractivity contribution in [1.82, 2.24) is 10.6 Å². The summed E-state index contributed by atoms with van der Waals surface area (Å²) < 4.78 is 69.4. The number of sulfone groups is 1. The minimum absolute atomic E-state index is 0. The molecule has 1 atom stereocenters. The number of halogens is 4. The van der Waals surface area contributed by atoms with Crippen molar-refractivity contribution in [3.63, 3.8) is 0 Å². The van der Waals surface area contributed by atoms with E-state index < -0.39 is 27.2 Å². The second-order valence-electron chi connectivity index (χ2n) is 7.97. The molecule has 1 aliphatic rings. The molecule has 1 aromatic rings. The molecule has 2 rings (SSSR count). The van der Waals surface area contributed by atoms with Crippen molar-refractivity contribution >= 4 is 39.8 Å². The van der Waals surface area contributed by atoms with E-state index in [1.54, 1.807) is 20.8 Å². The normalized spacial score (nSPS) is 19.2. The van der Waals surface area contributed by atoms with E-state index in [4.69, 9.17) is 4.74 Å². The van der Waals surface area contributed by atoms with Gasteiger partial charge in [-0.05, 0) is 51.8 Å². The molecule has 0 bridgehead atoms. The monoisotopic (exact) mass is 563 g/mol. The highest BCUT2D eigenvalue weighted by Crippen LogP contribution is 2.35. The van der Waals surface area contributed by atoms with Gasteiger partial charge in [-0.2, -0.15) is 13.2 Å². The Balaban J connectivity index is 0.00000450. The van der Waals surface area contributed by atoms with Gasteiger partial charge in [-0.1, -0.05) is 6.07 Å². The van der Waals surface area contributed by atoms with Crippen LogP contribution in [0.5, 0.6) is 5.75 Å². The first-order valence-corrected chi connectivity index (χ1v) is 11.3. The molecule has 30 heavy (non-hydrogen) atoms. The first kappa shape index (κ1) is 26.8. The largest absolute Gasteiger partial charge is 0.488 e. The van der Waals surface area contributed by atoms with Gasteiger partial charge in [0.05, 0.1) is 23.6 Å². The minimum Gasteiger partial charge on any atom is -0.488 e. The van der Waals surface area contributed by atoms with Gasteiger partial charge in [-0.25, -0.2) is 13.4 Å². The smallest absolute Gasteiger partial charge is 0.416 e. The number of aliphatic imine (C=N–C) groups is 1. The molecule has 0 aromatic heterocycles. The van der Waals surface area contributed by atoms with Crippen LogP contribution in [0.15, 0.2) is 23.2 Å². The van der Waals surface area contributed by atoms with Crippen molar-refractivity contribution in [2.24, 2.45) is 4.99 Å². The van der Waals surface area contributed by atoms with Gasteiger partial charge in [-0.3, -0.25) is 0 Å². The second-order valence-corrected chi connectivity index (χ2v) is 10.2.